The van der Waals surface area contributed by atoms with Crippen LogP contribution in [0.25, 0.3) is 0 Å². The van der Waals surface area contributed by atoms with E-state index in [4.69, 9.17) is 9.47 Å². The van der Waals surface area contributed by atoms with Gasteiger partial charge in [-0.3, -0.25) is 4.79 Å². The van der Waals surface area contributed by atoms with Gasteiger partial charge in [0, 0.05) is 25.4 Å². The second-order valence-electron chi connectivity index (χ2n) is 6.77. The molecular weight excluding hydrogens is 258 g/mol. The monoisotopic (exact) mass is 283 g/mol. The molecule has 0 unspecified atom stereocenters. The van der Waals surface area contributed by atoms with E-state index in [0.29, 0.717) is 6.54 Å². The fraction of sp³-hybridized carbons (Fsp3) is 0.867. The fourth-order valence-electron chi connectivity index (χ4n) is 3.33. The second-order valence-corrected chi connectivity index (χ2v) is 6.77. The molecule has 2 fully saturated rings. The lowest BCUT2D eigenvalue weighted by Crippen LogP contribution is -2.46. The Bertz CT molecular complexity index is 388. The summed E-state index contributed by atoms with van der Waals surface area (Å²) in [5.41, 5.74) is -0.473. The number of rotatable bonds is 1. The van der Waals surface area contributed by atoms with Gasteiger partial charge < -0.3 is 14.4 Å². The van der Waals surface area contributed by atoms with Gasteiger partial charge in [-0.1, -0.05) is 0 Å². The summed E-state index contributed by atoms with van der Waals surface area (Å²) in [5.74, 6) is 0.0338. The SMILES string of the molecule is CC(=O)O[C@@H]1CCC[C@H]2[C@@H]1CCN2C(=O)OC(C)(C)C. The van der Waals surface area contributed by atoms with Crippen LogP contribution in [0.3, 0.4) is 0 Å². The molecule has 20 heavy (non-hydrogen) atoms. The summed E-state index contributed by atoms with van der Waals surface area (Å²) in [6.45, 7) is 7.77. The quantitative estimate of drug-likeness (QED) is 0.694. The molecule has 0 N–H and O–H groups in total. The van der Waals surface area contributed by atoms with Gasteiger partial charge in [0.1, 0.15) is 11.7 Å². The lowest BCUT2D eigenvalue weighted by atomic mass is 9.82. The molecule has 1 saturated heterocycles. The smallest absolute Gasteiger partial charge is 0.410 e. The van der Waals surface area contributed by atoms with Gasteiger partial charge >= 0.3 is 12.1 Å². The first kappa shape index (κ1) is 15.1. The molecule has 5 heteroatoms. The van der Waals surface area contributed by atoms with Crippen LogP contribution in [0.5, 0.6) is 0 Å². The molecule has 0 aromatic heterocycles. The van der Waals surface area contributed by atoms with E-state index in [1.807, 2.05) is 25.7 Å². The maximum atomic E-state index is 12.2. The largest absolute Gasteiger partial charge is 0.462 e. The number of amides is 1. The van der Waals surface area contributed by atoms with E-state index in [-0.39, 0.29) is 30.1 Å². The fourth-order valence-corrected chi connectivity index (χ4v) is 3.33. The minimum Gasteiger partial charge on any atom is -0.462 e. The normalized spacial score (nSPS) is 29.8. The van der Waals surface area contributed by atoms with Gasteiger partial charge in [-0.25, -0.2) is 4.79 Å². The van der Waals surface area contributed by atoms with Crippen molar-refractivity contribution in [3.05, 3.63) is 0 Å². The van der Waals surface area contributed by atoms with Crippen LogP contribution in [-0.2, 0) is 14.3 Å². The third kappa shape index (κ3) is 3.44. The molecule has 5 nitrogen and oxygen atoms in total. The molecule has 1 aliphatic carbocycles. The highest BCUT2D eigenvalue weighted by molar-refractivity contribution is 5.69. The standard InChI is InChI=1S/C15H25NO4/c1-10(17)19-13-7-5-6-12-11(13)8-9-16(12)14(18)20-15(2,3)4/h11-13H,5-9H2,1-4H3/t11-,12-,13+/m0/s1. The maximum absolute atomic E-state index is 12.2. The Morgan fingerprint density at radius 1 is 1.15 bits per heavy atom. The van der Waals surface area contributed by atoms with Crippen LogP contribution < -0.4 is 0 Å². The molecule has 114 valence electrons. The molecule has 1 amide bonds. The number of esters is 1. The van der Waals surface area contributed by atoms with E-state index >= 15 is 0 Å². The van der Waals surface area contributed by atoms with E-state index in [9.17, 15) is 9.59 Å². The second kappa shape index (κ2) is 5.62. The summed E-state index contributed by atoms with van der Waals surface area (Å²) >= 11 is 0. The average molecular weight is 283 g/mol. The Balaban J connectivity index is 2.02. The summed E-state index contributed by atoms with van der Waals surface area (Å²) in [7, 11) is 0. The first-order valence-corrected chi connectivity index (χ1v) is 7.45. The van der Waals surface area contributed by atoms with Crippen LogP contribution in [0.4, 0.5) is 4.79 Å². The number of likely N-dealkylation sites (tertiary alicyclic amines) is 1. The van der Waals surface area contributed by atoms with E-state index in [1.54, 1.807) is 0 Å². The first-order chi connectivity index (χ1) is 9.28. The highest BCUT2D eigenvalue weighted by Crippen LogP contribution is 2.38. The molecule has 0 radical (unpaired) electrons. The Hall–Kier alpha value is -1.26. The van der Waals surface area contributed by atoms with Crippen molar-refractivity contribution in [2.24, 2.45) is 5.92 Å². The number of ether oxygens (including phenoxy) is 2. The van der Waals surface area contributed by atoms with Crippen LogP contribution in [0.1, 0.15) is 53.4 Å². The van der Waals surface area contributed by atoms with Gasteiger partial charge in [0.25, 0.3) is 0 Å². The van der Waals surface area contributed by atoms with E-state index in [1.165, 1.54) is 6.92 Å². The number of carbonyl (C=O) groups excluding carboxylic acids is 2. The molecule has 0 spiro atoms. The van der Waals surface area contributed by atoms with E-state index in [2.05, 4.69) is 0 Å². The van der Waals surface area contributed by atoms with Crippen molar-refractivity contribution in [1.29, 1.82) is 0 Å². The maximum Gasteiger partial charge on any atom is 0.410 e. The zero-order valence-electron chi connectivity index (χ0n) is 12.8. The first-order valence-electron chi connectivity index (χ1n) is 7.45. The van der Waals surface area contributed by atoms with Crippen molar-refractivity contribution < 1.29 is 19.1 Å². The lowest BCUT2D eigenvalue weighted by Gasteiger charge is -2.36. The Morgan fingerprint density at radius 2 is 1.85 bits per heavy atom. The number of hydrogen-bond acceptors (Lipinski definition) is 4. The molecule has 1 heterocycles. The summed E-state index contributed by atoms with van der Waals surface area (Å²) in [6.07, 6.45) is 3.47. The third-order valence-corrected chi connectivity index (χ3v) is 4.01. The van der Waals surface area contributed by atoms with Crippen LogP contribution in [-0.4, -0.2) is 41.3 Å². The topological polar surface area (TPSA) is 55.8 Å². The highest BCUT2D eigenvalue weighted by Gasteiger charge is 2.45. The third-order valence-electron chi connectivity index (χ3n) is 4.01. The van der Waals surface area contributed by atoms with Crippen LogP contribution in [0.15, 0.2) is 0 Å². The molecule has 3 atom stereocenters. The summed E-state index contributed by atoms with van der Waals surface area (Å²) < 4.78 is 10.9. The minimum atomic E-state index is -0.473. The van der Waals surface area contributed by atoms with Gasteiger partial charge in [0.2, 0.25) is 0 Å². The molecular formula is C15H25NO4. The van der Waals surface area contributed by atoms with Crippen LogP contribution >= 0.6 is 0 Å². The molecule has 1 aliphatic heterocycles. The summed E-state index contributed by atoms with van der Waals surface area (Å²) in [5, 5.41) is 0. The van der Waals surface area contributed by atoms with Gasteiger partial charge in [0.15, 0.2) is 0 Å². The van der Waals surface area contributed by atoms with Crippen LogP contribution in [0.2, 0.25) is 0 Å². The summed E-state index contributed by atoms with van der Waals surface area (Å²) in [6, 6.07) is 0.156. The molecule has 2 aliphatic rings. The van der Waals surface area contributed by atoms with E-state index < -0.39 is 5.60 Å². The van der Waals surface area contributed by atoms with Crippen LogP contribution in [0, 0.1) is 5.92 Å². The molecule has 0 aromatic carbocycles. The lowest BCUT2D eigenvalue weighted by molar-refractivity contribution is -0.151. The Kier molecular flexibility index (Phi) is 4.25. The van der Waals surface area contributed by atoms with Crippen molar-refractivity contribution in [3.63, 3.8) is 0 Å². The van der Waals surface area contributed by atoms with Crippen molar-refractivity contribution in [1.82, 2.24) is 4.90 Å². The zero-order valence-corrected chi connectivity index (χ0v) is 12.8. The van der Waals surface area contributed by atoms with Gasteiger partial charge in [-0.05, 0) is 46.5 Å². The van der Waals surface area contributed by atoms with E-state index in [0.717, 1.165) is 25.7 Å². The van der Waals surface area contributed by atoms with Gasteiger partial charge in [-0.2, -0.15) is 0 Å². The molecule has 0 bridgehead atoms. The van der Waals surface area contributed by atoms with Gasteiger partial charge in [0.05, 0.1) is 0 Å². The zero-order chi connectivity index (χ0) is 14.9. The van der Waals surface area contributed by atoms with Crippen molar-refractivity contribution >= 4 is 12.1 Å². The number of hydrogen-bond donors (Lipinski definition) is 0. The summed E-state index contributed by atoms with van der Waals surface area (Å²) in [4.78, 5) is 25.2. The molecule has 2 rings (SSSR count). The van der Waals surface area contributed by atoms with Crippen molar-refractivity contribution in [2.75, 3.05) is 6.54 Å². The van der Waals surface area contributed by atoms with Gasteiger partial charge in [-0.15, -0.1) is 0 Å². The highest BCUT2D eigenvalue weighted by atomic mass is 16.6. The minimum absolute atomic E-state index is 0.0429. The Morgan fingerprint density at radius 3 is 2.45 bits per heavy atom. The molecule has 1 saturated carbocycles. The predicted octanol–water partition coefficient (Wildman–Crippen LogP) is 2.73. The van der Waals surface area contributed by atoms with Crippen molar-refractivity contribution in [2.45, 2.75) is 71.1 Å². The Labute approximate surface area is 120 Å². The number of carbonyl (C=O) groups is 2. The number of nitrogens with zero attached hydrogens (tertiary/aromatic N) is 1. The predicted molar refractivity (Wildman–Crippen MR) is 74.2 cm³/mol. The number of fused-ring (bicyclic) bond motifs is 1. The molecule has 0 aromatic rings. The average Bonchev–Trinajstić information content (AvgIpc) is 2.70. The van der Waals surface area contributed by atoms with Crippen molar-refractivity contribution in [3.8, 4) is 0 Å².